The quantitative estimate of drug-likeness (QED) is 0.389. The Morgan fingerprint density at radius 1 is 1.12 bits per heavy atom. The van der Waals surface area contributed by atoms with E-state index < -0.39 is 27.9 Å². The molecule has 12 heteroatoms. The van der Waals surface area contributed by atoms with Crippen molar-refractivity contribution in [3.63, 3.8) is 0 Å². The van der Waals surface area contributed by atoms with E-state index in [0.29, 0.717) is 35.9 Å². The number of fused-ring (bicyclic) bond motifs is 6. The van der Waals surface area contributed by atoms with E-state index in [1.54, 1.807) is 36.4 Å². The standard InChI is InChI=1S/C31H39N7O4S/c1-18-14-23(22-15-19(27(32)39)12-13-33-22)34-25-8-7-9-26(36-25)43(41,42)37-29(40)21-10-11-24(30(2,3)4)35-28(21)38-17-20(18)16-31(38,5)6/h7-13,15,18,20,23H,14,16-17H2,1-6H3,(H2,32,39)(H,34,36)(H,37,40)/t18-,20-,23?/m0/s1. The monoisotopic (exact) mass is 605 g/mol. The minimum absolute atomic E-state index is 0.154. The van der Waals surface area contributed by atoms with Crippen LogP contribution in [0.25, 0.3) is 0 Å². The summed E-state index contributed by atoms with van der Waals surface area (Å²) in [5.41, 5.74) is 6.80. The Labute approximate surface area is 252 Å². The van der Waals surface area contributed by atoms with Gasteiger partial charge in [-0.15, -0.1) is 0 Å². The molecule has 228 valence electrons. The summed E-state index contributed by atoms with van der Waals surface area (Å²) < 4.78 is 29.1. The lowest BCUT2D eigenvalue weighted by Gasteiger charge is -2.34. The normalized spacial score (nSPS) is 23.3. The highest BCUT2D eigenvalue weighted by Crippen LogP contribution is 2.43. The average Bonchev–Trinajstić information content (AvgIpc) is 3.26. The number of hydrogen-bond donors (Lipinski definition) is 3. The SMILES string of the molecule is C[C@H]1CC(c2cc(C(N)=O)ccn2)Nc2cccc(n2)S(=O)(=O)NC(=O)c2ccc(C(C)(C)C)nc2N2C[C@@H]1CC2(C)C. The maximum Gasteiger partial charge on any atom is 0.281 e. The van der Waals surface area contributed by atoms with Gasteiger partial charge < -0.3 is 16.0 Å². The van der Waals surface area contributed by atoms with Crippen LogP contribution in [0.4, 0.5) is 11.6 Å². The van der Waals surface area contributed by atoms with Gasteiger partial charge in [0.1, 0.15) is 11.6 Å². The molecule has 5 rings (SSSR count). The molecule has 0 aliphatic carbocycles. The molecular formula is C31H39N7O4S. The summed E-state index contributed by atoms with van der Waals surface area (Å²) in [6, 6.07) is 10.8. The molecule has 4 bridgehead atoms. The number of anilines is 2. The molecular weight excluding hydrogens is 566 g/mol. The number of nitrogens with one attached hydrogen (secondary N) is 2. The summed E-state index contributed by atoms with van der Waals surface area (Å²) in [7, 11) is -4.34. The average molecular weight is 606 g/mol. The number of amides is 2. The van der Waals surface area contributed by atoms with Crippen LogP contribution >= 0.6 is 0 Å². The fraction of sp³-hybridized carbons (Fsp3) is 0.452. The Balaban J connectivity index is 1.66. The van der Waals surface area contributed by atoms with Gasteiger partial charge in [-0.3, -0.25) is 14.6 Å². The van der Waals surface area contributed by atoms with Crippen LogP contribution in [0.3, 0.4) is 0 Å². The lowest BCUT2D eigenvalue weighted by atomic mass is 9.83. The van der Waals surface area contributed by atoms with E-state index >= 15 is 0 Å². The Kier molecular flexibility index (Phi) is 7.70. The van der Waals surface area contributed by atoms with Crippen molar-refractivity contribution >= 4 is 33.5 Å². The number of sulfonamides is 1. The molecule has 4 N–H and O–H groups in total. The summed E-state index contributed by atoms with van der Waals surface area (Å²) in [5.74, 6) is -0.218. The molecule has 2 aliphatic heterocycles. The topological polar surface area (TPSA) is 160 Å². The Morgan fingerprint density at radius 2 is 1.86 bits per heavy atom. The van der Waals surface area contributed by atoms with Crippen molar-refractivity contribution in [2.75, 3.05) is 16.8 Å². The second kappa shape index (κ2) is 10.9. The molecule has 2 amide bonds. The number of rotatable bonds is 2. The molecule has 5 heterocycles. The second-order valence-corrected chi connectivity index (χ2v) is 14.9. The van der Waals surface area contributed by atoms with Crippen LogP contribution < -0.4 is 20.7 Å². The first kappa shape index (κ1) is 30.4. The zero-order valence-corrected chi connectivity index (χ0v) is 26.2. The smallest absolute Gasteiger partial charge is 0.281 e. The molecule has 2 aliphatic rings. The molecule has 3 atom stereocenters. The predicted octanol–water partition coefficient (Wildman–Crippen LogP) is 4.18. The second-order valence-electron chi connectivity index (χ2n) is 13.2. The number of nitrogens with zero attached hydrogens (tertiary/aromatic N) is 4. The summed E-state index contributed by atoms with van der Waals surface area (Å²) in [4.78, 5) is 41.6. The van der Waals surface area contributed by atoms with Gasteiger partial charge in [0.05, 0.1) is 17.3 Å². The summed E-state index contributed by atoms with van der Waals surface area (Å²) >= 11 is 0. The molecule has 0 radical (unpaired) electrons. The molecule has 3 aromatic rings. The van der Waals surface area contributed by atoms with Crippen LogP contribution in [0, 0.1) is 11.8 Å². The third-order valence-electron chi connectivity index (χ3n) is 8.44. The van der Waals surface area contributed by atoms with Gasteiger partial charge in [0.15, 0.2) is 5.03 Å². The van der Waals surface area contributed by atoms with E-state index in [2.05, 4.69) is 45.7 Å². The minimum Gasteiger partial charge on any atom is -0.366 e. The van der Waals surface area contributed by atoms with Gasteiger partial charge in [-0.05, 0) is 74.9 Å². The van der Waals surface area contributed by atoms with E-state index in [9.17, 15) is 18.0 Å². The predicted molar refractivity (Wildman–Crippen MR) is 164 cm³/mol. The van der Waals surface area contributed by atoms with E-state index in [-0.39, 0.29) is 33.4 Å². The van der Waals surface area contributed by atoms with Crippen molar-refractivity contribution in [3.8, 4) is 0 Å². The highest BCUT2D eigenvalue weighted by molar-refractivity contribution is 7.90. The van der Waals surface area contributed by atoms with Crippen molar-refractivity contribution in [1.82, 2.24) is 19.7 Å². The van der Waals surface area contributed by atoms with E-state index in [1.807, 2.05) is 20.8 Å². The van der Waals surface area contributed by atoms with E-state index in [0.717, 1.165) is 12.1 Å². The number of hydrogen-bond acceptors (Lipinski definition) is 9. The Bertz CT molecular complexity index is 1680. The third-order valence-corrected chi connectivity index (χ3v) is 9.67. The lowest BCUT2D eigenvalue weighted by Crippen LogP contribution is -2.41. The van der Waals surface area contributed by atoms with Crippen LogP contribution in [-0.4, -0.2) is 47.3 Å². The number of primary amides is 1. The van der Waals surface area contributed by atoms with Gasteiger partial charge in [0.2, 0.25) is 5.91 Å². The maximum absolute atomic E-state index is 13.6. The highest BCUT2D eigenvalue weighted by atomic mass is 32.2. The fourth-order valence-corrected chi connectivity index (χ4v) is 6.90. The summed E-state index contributed by atoms with van der Waals surface area (Å²) in [6.07, 6.45) is 2.98. The van der Waals surface area contributed by atoms with Gasteiger partial charge in [-0.1, -0.05) is 33.8 Å². The largest absolute Gasteiger partial charge is 0.366 e. The first-order valence-electron chi connectivity index (χ1n) is 14.4. The van der Waals surface area contributed by atoms with Gasteiger partial charge in [0, 0.05) is 35.0 Å². The van der Waals surface area contributed by atoms with Crippen molar-refractivity contribution < 1.29 is 18.0 Å². The van der Waals surface area contributed by atoms with Gasteiger partial charge in [-0.2, -0.15) is 8.42 Å². The van der Waals surface area contributed by atoms with Crippen molar-refractivity contribution in [1.29, 1.82) is 0 Å². The van der Waals surface area contributed by atoms with Gasteiger partial charge >= 0.3 is 0 Å². The zero-order chi connectivity index (χ0) is 31.3. The molecule has 43 heavy (non-hydrogen) atoms. The number of nitrogens with two attached hydrogens (primary N) is 1. The molecule has 1 unspecified atom stereocenters. The van der Waals surface area contributed by atoms with Crippen molar-refractivity contribution in [2.24, 2.45) is 17.6 Å². The highest BCUT2D eigenvalue weighted by Gasteiger charge is 2.43. The van der Waals surface area contributed by atoms with Crippen molar-refractivity contribution in [3.05, 3.63) is 71.2 Å². The summed E-state index contributed by atoms with van der Waals surface area (Å²) in [6.45, 7) is 13.2. The number of carbonyl (C=O) groups excluding carboxylic acids is 2. The first-order chi connectivity index (χ1) is 20.0. The molecule has 3 aromatic heterocycles. The third kappa shape index (κ3) is 6.20. The Morgan fingerprint density at radius 3 is 2.56 bits per heavy atom. The first-order valence-corrected chi connectivity index (χ1v) is 15.9. The van der Waals surface area contributed by atoms with Crippen LogP contribution in [0.1, 0.15) is 92.5 Å². The molecule has 0 aromatic carbocycles. The maximum atomic E-state index is 13.6. The van der Waals surface area contributed by atoms with Gasteiger partial charge in [0.25, 0.3) is 15.9 Å². The molecule has 1 saturated heterocycles. The number of pyridine rings is 3. The molecule has 11 nitrogen and oxygen atoms in total. The van der Waals surface area contributed by atoms with Crippen molar-refractivity contribution in [2.45, 2.75) is 76.4 Å². The lowest BCUT2D eigenvalue weighted by molar-refractivity contribution is 0.0978. The number of carbonyl (C=O) groups is 2. The van der Waals surface area contributed by atoms with Crippen LogP contribution in [0.5, 0.6) is 0 Å². The summed E-state index contributed by atoms with van der Waals surface area (Å²) in [5, 5.41) is 3.03. The van der Waals surface area contributed by atoms with E-state index in [4.69, 9.17) is 10.7 Å². The van der Waals surface area contributed by atoms with Gasteiger partial charge in [-0.25, -0.2) is 14.7 Å². The van der Waals surface area contributed by atoms with Crippen LogP contribution in [0.2, 0.25) is 0 Å². The number of aromatic nitrogens is 3. The Hall–Kier alpha value is -4.06. The van der Waals surface area contributed by atoms with E-state index in [1.165, 1.54) is 12.3 Å². The molecule has 1 fully saturated rings. The van der Waals surface area contributed by atoms with Crippen LogP contribution in [0.15, 0.2) is 53.7 Å². The zero-order valence-electron chi connectivity index (χ0n) is 25.4. The molecule has 0 saturated carbocycles. The molecule has 0 spiro atoms. The minimum atomic E-state index is -4.34. The van der Waals surface area contributed by atoms with Crippen LogP contribution in [-0.2, 0) is 15.4 Å². The fourth-order valence-electron chi connectivity index (χ4n) is 5.96.